The van der Waals surface area contributed by atoms with E-state index in [2.05, 4.69) is 26.1 Å². The van der Waals surface area contributed by atoms with Gasteiger partial charge < -0.3 is 21.5 Å². The van der Waals surface area contributed by atoms with E-state index >= 15 is 0 Å². The van der Waals surface area contributed by atoms with Crippen LogP contribution in [0.15, 0.2) is 0 Å². The van der Waals surface area contributed by atoms with Gasteiger partial charge >= 0.3 is 5.97 Å². The predicted octanol–water partition coefficient (Wildman–Crippen LogP) is 4.13. The number of ether oxygens (including phenoxy) is 1. The Morgan fingerprint density at radius 2 is 1.72 bits per heavy atom. The summed E-state index contributed by atoms with van der Waals surface area (Å²) < 4.78 is 5.70. The molecule has 3 saturated carbocycles. The van der Waals surface area contributed by atoms with Crippen molar-refractivity contribution in [2.45, 2.75) is 118 Å². The van der Waals surface area contributed by atoms with Crippen molar-refractivity contribution in [2.24, 2.45) is 57.8 Å². The number of carbonyl (C=O) groups is 4. The van der Waals surface area contributed by atoms with Gasteiger partial charge in [-0.2, -0.15) is 0 Å². The highest BCUT2D eigenvalue weighted by molar-refractivity contribution is 5.88. The maximum atomic E-state index is 13.0. The highest BCUT2D eigenvalue weighted by Crippen LogP contribution is 2.66. The molecule has 3 aliphatic carbocycles. The van der Waals surface area contributed by atoms with Crippen LogP contribution in [0.4, 0.5) is 0 Å². The summed E-state index contributed by atoms with van der Waals surface area (Å²) in [5.41, 5.74) is 11.6. The van der Waals surface area contributed by atoms with E-state index in [-0.39, 0.29) is 42.1 Å². The fraction of sp³-hybridized carbons (Fsp3) is 0.871. The summed E-state index contributed by atoms with van der Waals surface area (Å²) in [7, 11) is 0. The van der Waals surface area contributed by atoms with E-state index in [1.807, 2.05) is 13.8 Å². The Morgan fingerprint density at radius 3 is 2.31 bits per heavy atom. The number of carbonyl (C=O) groups excluding carboxylic acids is 4. The van der Waals surface area contributed by atoms with Crippen molar-refractivity contribution in [3.63, 3.8) is 0 Å². The minimum atomic E-state index is -0.948. The molecule has 5 N–H and O–H groups in total. The minimum absolute atomic E-state index is 0.0267. The molecular formula is C31H53N3O5. The SMILES string of the molecule is CC[C@@]1(C)[C@H](CCOC(=O)[C@H](CCC(N)=O)NC(=O)[C@@H](N)C(C)C)CC[C@@H]2[C@@H]1CC[C@]1(C)[C@@H](C(C)=O)CC[C@@H]21. The molecule has 0 aromatic heterocycles. The standard InChI is InChI=1S/C31H53N3O5/c1-7-30(5)20(8-9-21-23-11-10-22(19(4)35)31(23,6)16-14-24(21)30)15-17-39-29(38)25(12-13-26(32)36)34-28(37)27(33)18(2)3/h18,20-25,27H,7-17,33H2,1-6H3,(H2,32,36)(H,34,37)/t20-,21-,22+,23-,24-,25-,27-,30-,31+/m0/s1. The van der Waals surface area contributed by atoms with E-state index in [9.17, 15) is 19.2 Å². The molecule has 8 nitrogen and oxygen atoms in total. The summed E-state index contributed by atoms with van der Waals surface area (Å²) in [6, 6.07) is -1.70. The van der Waals surface area contributed by atoms with Crippen molar-refractivity contribution in [1.82, 2.24) is 5.32 Å². The van der Waals surface area contributed by atoms with Crippen LogP contribution in [-0.4, -0.2) is 42.3 Å². The number of nitrogens with two attached hydrogens (primary N) is 2. The van der Waals surface area contributed by atoms with Crippen molar-refractivity contribution in [2.75, 3.05) is 6.61 Å². The van der Waals surface area contributed by atoms with Crippen LogP contribution in [0.25, 0.3) is 0 Å². The third-order valence-electron chi connectivity index (χ3n) is 11.3. The number of hydrogen-bond donors (Lipinski definition) is 3. The zero-order valence-electron chi connectivity index (χ0n) is 25.1. The van der Waals surface area contributed by atoms with Crippen molar-refractivity contribution in [1.29, 1.82) is 0 Å². The molecule has 0 radical (unpaired) electrons. The monoisotopic (exact) mass is 547 g/mol. The fourth-order valence-electron chi connectivity index (χ4n) is 8.74. The Kier molecular flexibility index (Phi) is 10.3. The van der Waals surface area contributed by atoms with Gasteiger partial charge in [-0.25, -0.2) is 4.79 Å². The molecule has 0 aliphatic heterocycles. The number of nitrogens with one attached hydrogen (secondary N) is 1. The molecule has 0 unspecified atom stereocenters. The van der Waals surface area contributed by atoms with Gasteiger partial charge in [0.25, 0.3) is 0 Å². The van der Waals surface area contributed by atoms with Crippen LogP contribution in [0.3, 0.4) is 0 Å². The first kappa shape index (κ1) is 31.6. The van der Waals surface area contributed by atoms with Crippen LogP contribution in [0, 0.1) is 46.3 Å². The minimum Gasteiger partial charge on any atom is -0.464 e. The number of amides is 2. The summed E-state index contributed by atoms with van der Waals surface area (Å²) in [5.74, 6) is 1.34. The maximum absolute atomic E-state index is 13.0. The summed E-state index contributed by atoms with van der Waals surface area (Å²) in [6.07, 6.45) is 8.70. The van der Waals surface area contributed by atoms with E-state index < -0.39 is 29.9 Å². The first-order chi connectivity index (χ1) is 18.3. The van der Waals surface area contributed by atoms with E-state index in [1.54, 1.807) is 6.92 Å². The topological polar surface area (TPSA) is 142 Å². The zero-order valence-corrected chi connectivity index (χ0v) is 25.1. The van der Waals surface area contributed by atoms with E-state index in [0.29, 0.717) is 29.5 Å². The Bertz CT molecular complexity index is 922. The van der Waals surface area contributed by atoms with Gasteiger partial charge in [0.05, 0.1) is 12.6 Å². The summed E-state index contributed by atoms with van der Waals surface area (Å²) in [4.78, 5) is 49.3. The molecule has 2 amide bonds. The first-order valence-electron chi connectivity index (χ1n) is 15.3. The third kappa shape index (κ3) is 6.52. The molecule has 8 heteroatoms. The average molecular weight is 548 g/mol. The van der Waals surface area contributed by atoms with Crippen molar-refractivity contribution in [3.8, 4) is 0 Å². The van der Waals surface area contributed by atoms with Gasteiger partial charge in [0.1, 0.15) is 11.8 Å². The second-order valence-corrected chi connectivity index (χ2v) is 13.6. The molecule has 0 aromatic rings. The highest BCUT2D eigenvalue weighted by atomic mass is 16.5. The van der Waals surface area contributed by atoms with E-state index in [4.69, 9.17) is 16.2 Å². The van der Waals surface area contributed by atoms with Gasteiger partial charge in [-0.3, -0.25) is 14.4 Å². The summed E-state index contributed by atoms with van der Waals surface area (Å²) >= 11 is 0. The number of Topliss-reactive ketones (excluding diaryl/α,β-unsaturated/α-hetero) is 1. The molecule has 3 aliphatic rings. The van der Waals surface area contributed by atoms with Crippen molar-refractivity contribution >= 4 is 23.6 Å². The van der Waals surface area contributed by atoms with Crippen LogP contribution in [0.2, 0.25) is 0 Å². The molecule has 0 saturated heterocycles. The predicted molar refractivity (Wildman–Crippen MR) is 151 cm³/mol. The van der Waals surface area contributed by atoms with Gasteiger partial charge in [-0.05, 0) is 98.7 Å². The molecule has 9 atom stereocenters. The Hall–Kier alpha value is -1.96. The second-order valence-electron chi connectivity index (χ2n) is 13.6. The van der Waals surface area contributed by atoms with Gasteiger partial charge in [-0.1, -0.05) is 41.0 Å². The quantitative estimate of drug-likeness (QED) is 0.314. The van der Waals surface area contributed by atoms with Crippen LogP contribution < -0.4 is 16.8 Å². The molecular weight excluding hydrogens is 494 g/mol. The van der Waals surface area contributed by atoms with Gasteiger partial charge in [0.15, 0.2) is 0 Å². The normalized spacial score (nSPS) is 35.4. The number of rotatable bonds is 12. The summed E-state index contributed by atoms with van der Waals surface area (Å²) in [6.45, 7) is 12.8. The maximum Gasteiger partial charge on any atom is 0.328 e. The van der Waals surface area contributed by atoms with Crippen LogP contribution in [-0.2, 0) is 23.9 Å². The Balaban J connectivity index is 1.62. The number of ketones is 1. The molecule has 0 aromatic carbocycles. The molecule has 0 heterocycles. The summed E-state index contributed by atoms with van der Waals surface area (Å²) in [5, 5.41) is 2.67. The van der Waals surface area contributed by atoms with Gasteiger partial charge in [0.2, 0.25) is 11.8 Å². The lowest BCUT2D eigenvalue weighted by Gasteiger charge is -2.59. The van der Waals surface area contributed by atoms with E-state index in [1.165, 1.54) is 19.3 Å². The van der Waals surface area contributed by atoms with Crippen molar-refractivity contribution in [3.05, 3.63) is 0 Å². The number of primary amides is 1. The molecule has 0 bridgehead atoms. The highest BCUT2D eigenvalue weighted by Gasteiger charge is 2.59. The number of fused-ring (bicyclic) bond motifs is 3. The number of esters is 1. The molecule has 222 valence electrons. The van der Waals surface area contributed by atoms with Crippen LogP contribution >= 0.6 is 0 Å². The molecule has 39 heavy (non-hydrogen) atoms. The van der Waals surface area contributed by atoms with E-state index in [0.717, 1.165) is 32.1 Å². The lowest BCUT2D eigenvalue weighted by atomic mass is 9.46. The third-order valence-corrected chi connectivity index (χ3v) is 11.3. The largest absolute Gasteiger partial charge is 0.464 e. The lowest BCUT2D eigenvalue weighted by molar-refractivity contribution is -0.150. The second kappa shape index (κ2) is 12.7. The molecule has 0 spiro atoms. The zero-order chi connectivity index (χ0) is 29.1. The average Bonchev–Trinajstić information content (AvgIpc) is 3.24. The number of hydrogen-bond acceptors (Lipinski definition) is 6. The molecule has 3 fully saturated rings. The fourth-order valence-corrected chi connectivity index (χ4v) is 8.74. The molecule has 3 rings (SSSR count). The Morgan fingerprint density at radius 1 is 1.03 bits per heavy atom. The Labute approximate surface area is 235 Å². The van der Waals surface area contributed by atoms with Crippen molar-refractivity contribution < 1.29 is 23.9 Å². The van der Waals surface area contributed by atoms with Gasteiger partial charge in [0, 0.05) is 12.3 Å². The lowest BCUT2D eigenvalue weighted by Crippen LogP contribution is -2.52. The van der Waals surface area contributed by atoms with Gasteiger partial charge in [-0.15, -0.1) is 0 Å². The first-order valence-corrected chi connectivity index (χ1v) is 15.3. The van der Waals surface area contributed by atoms with Crippen LogP contribution in [0.1, 0.15) is 106 Å². The van der Waals surface area contributed by atoms with Crippen LogP contribution in [0.5, 0.6) is 0 Å². The smallest absolute Gasteiger partial charge is 0.328 e.